The molecule has 4 rings (SSSR count). The van der Waals surface area contributed by atoms with Gasteiger partial charge in [0.15, 0.2) is 11.5 Å². The van der Waals surface area contributed by atoms with Gasteiger partial charge in [-0.1, -0.05) is 6.07 Å². The van der Waals surface area contributed by atoms with Gasteiger partial charge in [0.25, 0.3) is 0 Å². The van der Waals surface area contributed by atoms with Crippen LogP contribution in [0.5, 0.6) is 0 Å². The molecule has 122 valence electrons. The third kappa shape index (κ3) is 2.50. The van der Waals surface area contributed by atoms with E-state index >= 15 is 0 Å². The number of furan rings is 1. The molecule has 0 N–H and O–H groups in total. The molecule has 6 heteroatoms. The van der Waals surface area contributed by atoms with Crippen molar-refractivity contribution in [3.63, 3.8) is 0 Å². The Morgan fingerprint density at radius 2 is 1.96 bits per heavy atom. The number of hydrogen-bond donors (Lipinski definition) is 0. The number of nitrogens with zero attached hydrogens (tertiary/aromatic N) is 5. The van der Waals surface area contributed by atoms with E-state index in [1.807, 2.05) is 30.8 Å². The van der Waals surface area contributed by atoms with Gasteiger partial charge in [-0.15, -0.1) is 0 Å². The monoisotopic (exact) mass is 321 g/mol. The molecule has 0 aromatic carbocycles. The first-order chi connectivity index (χ1) is 11.6. The summed E-state index contributed by atoms with van der Waals surface area (Å²) in [4.78, 5) is 9.37. The molecule has 0 aliphatic carbocycles. The van der Waals surface area contributed by atoms with Crippen molar-refractivity contribution >= 4 is 5.65 Å². The molecule has 0 unspecified atom stereocenters. The molecule has 0 saturated heterocycles. The van der Waals surface area contributed by atoms with Crippen LogP contribution >= 0.6 is 0 Å². The van der Waals surface area contributed by atoms with Crippen molar-refractivity contribution < 1.29 is 4.42 Å². The molecule has 0 aliphatic rings. The van der Waals surface area contributed by atoms with Crippen LogP contribution in [0.2, 0.25) is 0 Å². The minimum absolute atomic E-state index is 0.760. The maximum absolute atomic E-state index is 5.13. The van der Waals surface area contributed by atoms with Crippen molar-refractivity contribution in [2.45, 2.75) is 26.7 Å². The topological polar surface area (TPSA) is 61.1 Å². The lowest BCUT2D eigenvalue weighted by Crippen LogP contribution is -2.01. The van der Waals surface area contributed by atoms with Crippen LogP contribution in [0.25, 0.3) is 16.9 Å². The predicted molar refractivity (Wildman–Crippen MR) is 90.8 cm³/mol. The van der Waals surface area contributed by atoms with Gasteiger partial charge in [-0.25, -0.2) is 14.5 Å². The van der Waals surface area contributed by atoms with E-state index in [9.17, 15) is 0 Å². The van der Waals surface area contributed by atoms with E-state index in [1.165, 1.54) is 0 Å². The minimum atomic E-state index is 0.760. The van der Waals surface area contributed by atoms with Crippen LogP contribution in [-0.2, 0) is 19.9 Å². The maximum atomic E-state index is 5.13. The normalized spacial score (nSPS) is 11.5. The first-order valence-electron chi connectivity index (χ1n) is 7.98. The Hall–Kier alpha value is -2.89. The number of fused-ring (bicyclic) bond motifs is 1. The second kappa shape index (κ2) is 5.63. The van der Waals surface area contributed by atoms with Crippen LogP contribution in [0, 0.1) is 13.8 Å². The van der Waals surface area contributed by atoms with Crippen molar-refractivity contribution in [1.82, 2.24) is 24.1 Å². The Morgan fingerprint density at radius 1 is 1.08 bits per heavy atom. The summed E-state index contributed by atoms with van der Waals surface area (Å²) < 4.78 is 9.10. The summed E-state index contributed by atoms with van der Waals surface area (Å²) >= 11 is 0. The lowest BCUT2D eigenvalue weighted by molar-refractivity contribution is 0.568. The van der Waals surface area contributed by atoms with Gasteiger partial charge < -0.3 is 8.98 Å². The van der Waals surface area contributed by atoms with E-state index in [0.717, 1.165) is 52.7 Å². The van der Waals surface area contributed by atoms with Crippen LogP contribution in [0.3, 0.4) is 0 Å². The zero-order chi connectivity index (χ0) is 16.7. The molecule has 0 fully saturated rings. The highest BCUT2D eigenvalue weighted by Gasteiger charge is 2.12. The Kier molecular flexibility index (Phi) is 3.45. The third-order valence-corrected chi connectivity index (χ3v) is 4.27. The Labute approximate surface area is 139 Å². The first-order valence-corrected chi connectivity index (χ1v) is 7.98. The largest absolute Gasteiger partial charge is 0.472 e. The molecule has 0 aliphatic heterocycles. The van der Waals surface area contributed by atoms with Crippen molar-refractivity contribution in [2.24, 2.45) is 7.05 Å². The summed E-state index contributed by atoms with van der Waals surface area (Å²) in [5.41, 5.74) is 5.08. The minimum Gasteiger partial charge on any atom is -0.472 e. The molecule has 0 amide bonds. The van der Waals surface area contributed by atoms with Gasteiger partial charge >= 0.3 is 0 Å². The smallest absolute Gasteiger partial charge is 0.158 e. The van der Waals surface area contributed by atoms with Crippen LogP contribution in [-0.4, -0.2) is 24.1 Å². The fourth-order valence-corrected chi connectivity index (χ4v) is 2.86. The Balaban J connectivity index is 1.57. The standard InChI is InChI=1S/C18H19N5O/c1-12-4-5-13(2)23-18(12)20-16(21-23)6-7-17-19-15(10-22(17)3)14-8-9-24-11-14/h4-5,8-11H,6-7H2,1-3H3. The third-order valence-electron chi connectivity index (χ3n) is 4.27. The van der Waals surface area contributed by atoms with E-state index in [4.69, 9.17) is 9.40 Å². The number of aromatic nitrogens is 5. The number of imidazole rings is 1. The van der Waals surface area contributed by atoms with Gasteiger partial charge in [-0.2, -0.15) is 5.10 Å². The number of hydrogen-bond acceptors (Lipinski definition) is 4. The van der Waals surface area contributed by atoms with Crippen LogP contribution in [0.15, 0.2) is 41.3 Å². The molecule has 0 atom stereocenters. The van der Waals surface area contributed by atoms with Crippen LogP contribution < -0.4 is 0 Å². The Morgan fingerprint density at radius 3 is 2.71 bits per heavy atom. The van der Waals surface area contributed by atoms with Gasteiger partial charge in [-0.05, 0) is 31.5 Å². The fraction of sp³-hybridized carbons (Fsp3) is 0.278. The predicted octanol–water partition coefficient (Wildman–Crippen LogP) is 3.12. The average molecular weight is 321 g/mol. The second-order valence-corrected chi connectivity index (χ2v) is 6.09. The van der Waals surface area contributed by atoms with E-state index in [2.05, 4.69) is 33.7 Å². The van der Waals surface area contributed by atoms with Gasteiger partial charge in [-0.3, -0.25) is 0 Å². The van der Waals surface area contributed by atoms with Crippen molar-refractivity contribution in [3.8, 4) is 11.3 Å². The summed E-state index contributed by atoms with van der Waals surface area (Å²) in [6, 6.07) is 6.07. The zero-order valence-electron chi connectivity index (χ0n) is 14.0. The molecule has 0 spiro atoms. The first kappa shape index (κ1) is 14.7. The van der Waals surface area contributed by atoms with Crippen molar-refractivity contribution in [1.29, 1.82) is 0 Å². The van der Waals surface area contributed by atoms with Crippen LogP contribution in [0.1, 0.15) is 22.9 Å². The van der Waals surface area contributed by atoms with Crippen LogP contribution in [0.4, 0.5) is 0 Å². The molecule has 24 heavy (non-hydrogen) atoms. The highest BCUT2D eigenvalue weighted by Crippen LogP contribution is 2.19. The molecular weight excluding hydrogens is 302 g/mol. The number of aryl methyl sites for hydroxylation is 5. The lowest BCUT2D eigenvalue weighted by atomic mass is 10.2. The molecule has 6 nitrogen and oxygen atoms in total. The van der Waals surface area contributed by atoms with Gasteiger partial charge in [0.05, 0.1) is 18.2 Å². The highest BCUT2D eigenvalue weighted by molar-refractivity contribution is 5.56. The van der Waals surface area contributed by atoms with Gasteiger partial charge in [0, 0.05) is 37.3 Å². The molecule has 4 heterocycles. The lowest BCUT2D eigenvalue weighted by Gasteiger charge is -1.99. The molecule has 0 bridgehead atoms. The van der Waals surface area contributed by atoms with Crippen molar-refractivity contribution in [3.05, 3.63) is 59.8 Å². The Bertz CT molecular complexity index is 955. The second-order valence-electron chi connectivity index (χ2n) is 6.09. The molecule has 4 aromatic rings. The molecule has 0 saturated carbocycles. The molecule has 4 aromatic heterocycles. The van der Waals surface area contributed by atoms with E-state index in [0.29, 0.717) is 0 Å². The average Bonchev–Trinajstić information content (AvgIpc) is 3.28. The van der Waals surface area contributed by atoms with Gasteiger partial charge in [0.2, 0.25) is 0 Å². The summed E-state index contributed by atoms with van der Waals surface area (Å²) in [5, 5.41) is 4.63. The summed E-state index contributed by atoms with van der Waals surface area (Å²) in [6.45, 7) is 4.10. The van der Waals surface area contributed by atoms with E-state index < -0.39 is 0 Å². The SMILES string of the molecule is Cc1ccc(C)n2nc(CCc3nc(-c4ccoc4)cn3C)nc12. The summed E-state index contributed by atoms with van der Waals surface area (Å²) in [5.74, 6) is 1.86. The highest BCUT2D eigenvalue weighted by atomic mass is 16.3. The number of rotatable bonds is 4. The summed E-state index contributed by atoms with van der Waals surface area (Å²) in [6.07, 6.45) is 6.95. The number of pyridine rings is 1. The van der Waals surface area contributed by atoms with E-state index in [-0.39, 0.29) is 0 Å². The van der Waals surface area contributed by atoms with Crippen molar-refractivity contribution in [2.75, 3.05) is 0 Å². The summed E-state index contributed by atoms with van der Waals surface area (Å²) in [7, 11) is 2.01. The maximum Gasteiger partial charge on any atom is 0.158 e. The molecule has 0 radical (unpaired) electrons. The molecular formula is C18H19N5O. The fourth-order valence-electron chi connectivity index (χ4n) is 2.86. The van der Waals surface area contributed by atoms with Gasteiger partial charge in [0.1, 0.15) is 5.82 Å². The quantitative estimate of drug-likeness (QED) is 0.579. The zero-order valence-corrected chi connectivity index (χ0v) is 14.0. The van der Waals surface area contributed by atoms with E-state index in [1.54, 1.807) is 12.5 Å².